The van der Waals surface area contributed by atoms with Crippen LogP contribution in [0.1, 0.15) is 29.8 Å². The third-order valence-electron chi connectivity index (χ3n) is 3.98. The Morgan fingerprint density at radius 1 is 0.964 bits per heavy atom. The Morgan fingerprint density at radius 2 is 1.68 bits per heavy atom. The van der Waals surface area contributed by atoms with E-state index in [0.717, 1.165) is 4.88 Å². The number of ketones is 1. The van der Waals surface area contributed by atoms with Gasteiger partial charge < -0.3 is 19.5 Å². The number of carbonyl (C=O) groups is 2. The zero-order valence-corrected chi connectivity index (χ0v) is 17.2. The molecule has 0 aliphatic carbocycles. The number of thiophene rings is 2. The molecule has 0 saturated carbocycles. The standard InChI is InChI=1S/C20H19NO5S2/c1-24-14-9-12(10-15(25-2)19(14)26-3)20(23)21-11-13-6-7-17(28-13)18(22)16-5-4-8-27-16/h4-10H,11H2,1-3H3,(H,21,23). The summed E-state index contributed by atoms with van der Waals surface area (Å²) in [6.07, 6.45) is 0. The van der Waals surface area contributed by atoms with Gasteiger partial charge in [-0.3, -0.25) is 9.59 Å². The number of benzene rings is 1. The second-order valence-corrected chi connectivity index (χ2v) is 7.79. The van der Waals surface area contributed by atoms with Crippen LogP contribution in [0.3, 0.4) is 0 Å². The lowest BCUT2D eigenvalue weighted by atomic mass is 10.1. The summed E-state index contributed by atoms with van der Waals surface area (Å²) in [4.78, 5) is 27.2. The van der Waals surface area contributed by atoms with Crippen molar-refractivity contribution in [3.8, 4) is 17.2 Å². The Labute approximate surface area is 170 Å². The fraction of sp³-hybridized carbons (Fsp3) is 0.200. The van der Waals surface area contributed by atoms with Crippen molar-refractivity contribution in [3.63, 3.8) is 0 Å². The number of hydrogen-bond acceptors (Lipinski definition) is 7. The summed E-state index contributed by atoms with van der Waals surface area (Å²) in [5.74, 6) is 0.969. The maximum Gasteiger partial charge on any atom is 0.251 e. The first kappa shape index (κ1) is 19.9. The van der Waals surface area contributed by atoms with Crippen LogP contribution < -0.4 is 19.5 Å². The molecule has 0 atom stereocenters. The second-order valence-electron chi connectivity index (χ2n) is 5.67. The van der Waals surface area contributed by atoms with Crippen molar-refractivity contribution in [1.82, 2.24) is 5.32 Å². The lowest BCUT2D eigenvalue weighted by molar-refractivity contribution is 0.0950. The average Bonchev–Trinajstić information content (AvgIpc) is 3.42. The number of ether oxygens (including phenoxy) is 3. The predicted molar refractivity (Wildman–Crippen MR) is 109 cm³/mol. The van der Waals surface area contributed by atoms with E-state index in [4.69, 9.17) is 14.2 Å². The molecular formula is C20H19NO5S2. The number of rotatable bonds is 8. The quantitative estimate of drug-likeness (QED) is 0.561. The molecule has 146 valence electrons. The zero-order valence-electron chi connectivity index (χ0n) is 15.6. The van der Waals surface area contributed by atoms with Crippen molar-refractivity contribution in [1.29, 1.82) is 0 Å². The van der Waals surface area contributed by atoms with Gasteiger partial charge in [-0.15, -0.1) is 22.7 Å². The molecule has 2 heterocycles. The molecule has 0 spiro atoms. The van der Waals surface area contributed by atoms with Crippen LogP contribution >= 0.6 is 22.7 Å². The molecule has 3 rings (SSSR count). The van der Waals surface area contributed by atoms with Crippen molar-refractivity contribution < 1.29 is 23.8 Å². The van der Waals surface area contributed by atoms with Crippen LogP contribution in [0, 0.1) is 0 Å². The highest BCUT2D eigenvalue weighted by Gasteiger charge is 2.17. The van der Waals surface area contributed by atoms with E-state index in [2.05, 4.69) is 5.32 Å². The third-order valence-corrected chi connectivity index (χ3v) is 5.93. The molecule has 1 amide bonds. The van der Waals surface area contributed by atoms with E-state index in [0.29, 0.717) is 39.1 Å². The van der Waals surface area contributed by atoms with Crippen molar-refractivity contribution in [3.05, 3.63) is 62.0 Å². The van der Waals surface area contributed by atoms with Gasteiger partial charge in [-0.2, -0.15) is 0 Å². The summed E-state index contributed by atoms with van der Waals surface area (Å²) in [5.41, 5.74) is 0.390. The molecule has 1 aromatic carbocycles. The van der Waals surface area contributed by atoms with Gasteiger partial charge in [0.05, 0.1) is 37.6 Å². The van der Waals surface area contributed by atoms with Gasteiger partial charge in [0.25, 0.3) is 5.91 Å². The highest BCUT2D eigenvalue weighted by atomic mass is 32.1. The lowest BCUT2D eigenvalue weighted by Gasteiger charge is -2.14. The van der Waals surface area contributed by atoms with E-state index >= 15 is 0 Å². The maximum absolute atomic E-state index is 12.6. The zero-order chi connectivity index (χ0) is 20.1. The van der Waals surface area contributed by atoms with E-state index in [1.807, 2.05) is 17.5 Å². The van der Waals surface area contributed by atoms with Gasteiger partial charge in [0.2, 0.25) is 11.5 Å². The van der Waals surface area contributed by atoms with Gasteiger partial charge in [-0.1, -0.05) is 6.07 Å². The van der Waals surface area contributed by atoms with Gasteiger partial charge in [0.1, 0.15) is 0 Å². The molecular weight excluding hydrogens is 398 g/mol. The predicted octanol–water partition coefficient (Wildman–Crippen LogP) is 4.00. The molecule has 0 aliphatic heterocycles. The minimum atomic E-state index is -0.279. The summed E-state index contributed by atoms with van der Waals surface area (Å²) in [6.45, 7) is 0.317. The minimum Gasteiger partial charge on any atom is -0.493 e. The Kier molecular flexibility index (Phi) is 6.33. The van der Waals surface area contributed by atoms with Crippen LogP contribution in [-0.2, 0) is 6.54 Å². The monoisotopic (exact) mass is 417 g/mol. The Balaban J connectivity index is 1.70. The summed E-state index contributed by atoms with van der Waals surface area (Å²) in [5, 5.41) is 4.73. The topological polar surface area (TPSA) is 73.9 Å². The number of carbonyl (C=O) groups excluding carboxylic acids is 2. The molecule has 6 nitrogen and oxygen atoms in total. The molecule has 0 aliphatic rings. The van der Waals surface area contributed by atoms with Crippen molar-refractivity contribution in [2.75, 3.05) is 21.3 Å². The molecule has 1 N–H and O–H groups in total. The number of hydrogen-bond donors (Lipinski definition) is 1. The van der Waals surface area contributed by atoms with E-state index in [9.17, 15) is 9.59 Å². The van der Waals surface area contributed by atoms with E-state index in [1.54, 1.807) is 24.3 Å². The van der Waals surface area contributed by atoms with Crippen molar-refractivity contribution in [2.45, 2.75) is 6.54 Å². The van der Waals surface area contributed by atoms with Crippen molar-refractivity contribution >= 4 is 34.4 Å². The Morgan fingerprint density at radius 3 is 2.25 bits per heavy atom. The molecule has 28 heavy (non-hydrogen) atoms. The maximum atomic E-state index is 12.6. The highest BCUT2D eigenvalue weighted by molar-refractivity contribution is 7.16. The van der Waals surface area contributed by atoms with Crippen molar-refractivity contribution in [2.24, 2.45) is 0 Å². The molecule has 0 saturated heterocycles. The van der Waals surface area contributed by atoms with Gasteiger partial charge in [0.15, 0.2) is 11.5 Å². The van der Waals surface area contributed by atoms with Crippen LogP contribution in [0.4, 0.5) is 0 Å². The highest BCUT2D eigenvalue weighted by Crippen LogP contribution is 2.38. The van der Waals surface area contributed by atoms with Crippen LogP contribution in [-0.4, -0.2) is 33.0 Å². The SMILES string of the molecule is COc1cc(C(=O)NCc2ccc(C(=O)c3cccs3)s2)cc(OC)c1OC. The van der Waals surface area contributed by atoms with Gasteiger partial charge in [-0.05, 0) is 35.7 Å². The Hall–Kier alpha value is -2.84. The Bertz CT molecular complexity index is 953. The van der Waals surface area contributed by atoms with Crippen LogP contribution in [0.15, 0.2) is 41.8 Å². The molecule has 8 heteroatoms. The summed E-state index contributed by atoms with van der Waals surface area (Å²) in [7, 11) is 4.50. The number of amides is 1. The molecule has 3 aromatic rings. The fourth-order valence-corrected chi connectivity index (χ4v) is 4.25. The average molecular weight is 418 g/mol. The number of methoxy groups -OCH3 is 3. The fourth-order valence-electron chi connectivity index (χ4n) is 2.61. The number of nitrogens with one attached hydrogen (secondary N) is 1. The van der Waals surface area contributed by atoms with Gasteiger partial charge >= 0.3 is 0 Å². The molecule has 0 radical (unpaired) electrons. The summed E-state index contributed by atoms with van der Waals surface area (Å²) >= 11 is 2.78. The van der Waals surface area contributed by atoms with E-state index < -0.39 is 0 Å². The molecule has 0 fully saturated rings. The lowest BCUT2D eigenvalue weighted by Crippen LogP contribution is -2.22. The molecule has 0 bridgehead atoms. The first-order chi connectivity index (χ1) is 13.6. The first-order valence-electron chi connectivity index (χ1n) is 8.32. The normalized spacial score (nSPS) is 10.4. The third kappa shape index (κ3) is 4.18. The molecule has 2 aromatic heterocycles. The van der Waals surface area contributed by atoms with Crippen LogP contribution in [0.2, 0.25) is 0 Å². The van der Waals surface area contributed by atoms with Gasteiger partial charge in [0, 0.05) is 10.4 Å². The van der Waals surface area contributed by atoms with Crippen LogP contribution in [0.5, 0.6) is 17.2 Å². The van der Waals surface area contributed by atoms with E-state index in [1.165, 1.54) is 44.0 Å². The first-order valence-corrected chi connectivity index (χ1v) is 10.0. The summed E-state index contributed by atoms with van der Waals surface area (Å²) in [6, 6.07) is 10.5. The van der Waals surface area contributed by atoms with Gasteiger partial charge in [-0.25, -0.2) is 0 Å². The summed E-state index contributed by atoms with van der Waals surface area (Å²) < 4.78 is 15.8. The molecule has 0 unspecified atom stereocenters. The largest absolute Gasteiger partial charge is 0.493 e. The second kappa shape index (κ2) is 8.90. The minimum absolute atomic E-state index is 0.00204. The smallest absolute Gasteiger partial charge is 0.251 e. The van der Waals surface area contributed by atoms with E-state index in [-0.39, 0.29) is 11.7 Å². The van der Waals surface area contributed by atoms with Crippen LogP contribution in [0.25, 0.3) is 0 Å².